The summed E-state index contributed by atoms with van der Waals surface area (Å²) >= 11 is 0. The van der Waals surface area contributed by atoms with Crippen LogP contribution in [0.15, 0.2) is 66.9 Å². The molecule has 0 atom stereocenters. The molecule has 0 aliphatic rings. The number of hydrogen-bond acceptors (Lipinski definition) is 7. The highest BCUT2D eigenvalue weighted by atomic mass is 16.5. The molecule has 0 aliphatic carbocycles. The van der Waals surface area contributed by atoms with E-state index >= 15 is 0 Å². The van der Waals surface area contributed by atoms with Gasteiger partial charge in [-0.2, -0.15) is 0 Å². The van der Waals surface area contributed by atoms with Crippen LogP contribution in [0, 0.1) is 0 Å². The molecule has 0 unspecified atom stereocenters. The number of carbonyl (C=O) groups is 3. The van der Waals surface area contributed by atoms with Crippen LogP contribution < -0.4 is 21.7 Å². The monoisotopic (exact) mass is 514 g/mol. The van der Waals surface area contributed by atoms with E-state index in [0.717, 1.165) is 16.7 Å². The van der Waals surface area contributed by atoms with Gasteiger partial charge in [-0.25, -0.2) is 4.98 Å². The molecule has 0 saturated heterocycles. The Bertz CT molecular complexity index is 1460. The number of fused-ring (bicyclic) bond motifs is 1. The largest absolute Gasteiger partial charge is 0.465 e. The average molecular weight is 515 g/mol. The summed E-state index contributed by atoms with van der Waals surface area (Å²) in [5.74, 6) is -0.231. The van der Waals surface area contributed by atoms with Gasteiger partial charge < -0.3 is 26.4 Å². The quantitative estimate of drug-likeness (QED) is 0.238. The minimum Gasteiger partial charge on any atom is -0.465 e. The van der Waals surface area contributed by atoms with Crippen molar-refractivity contribution in [2.75, 3.05) is 23.8 Å². The Morgan fingerprint density at radius 2 is 1.79 bits per heavy atom. The molecule has 0 fully saturated rings. The van der Waals surface area contributed by atoms with Crippen LogP contribution in [0.2, 0.25) is 0 Å². The Balaban J connectivity index is 1.62. The Kier molecular flexibility index (Phi) is 8.34. The normalized spacial score (nSPS) is 10.7. The number of aromatic nitrogens is 2. The highest BCUT2D eigenvalue weighted by molar-refractivity contribution is 5.95. The first-order valence-electron chi connectivity index (χ1n) is 12.2. The zero-order valence-electron chi connectivity index (χ0n) is 21.3. The molecule has 10 nitrogen and oxygen atoms in total. The fourth-order valence-electron chi connectivity index (χ4n) is 3.99. The maximum Gasteiger partial charge on any atom is 0.325 e. The van der Waals surface area contributed by atoms with Crippen LogP contribution in [-0.2, 0) is 27.4 Å². The molecule has 38 heavy (non-hydrogen) atoms. The molecule has 4 aromatic rings. The second kappa shape index (κ2) is 12.0. The number of imidazole rings is 1. The number of nitrogens with zero attached hydrogens (tertiary/aromatic N) is 2. The lowest BCUT2D eigenvalue weighted by Crippen LogP contribution is -2.23. The fourth-order valence-corrected chi connectivity index (χ4v) is 3.99. The predicted molar refractivity (Wildman–Crippen MR) is 146 cm³/mol. The summed E-state index contributed by atoms with van der Waals surface area (Å²) in [6.45, 7) is 4.21. The third-order valence-electron chi connectivity index (χ3n) is 5.75. The van der Waals surface area contributed by atoms with E-state index in [4.69, 9.17) is 15.5 Å². The Labute approximate surface area is 220 Å². The van der Waals surface area contributed by atoms with Crippen molar-refractivity contribution in [1.29, 1.82) is 0 Å². The van der Waals surface area contributed by atoms with Crippen LogP contribution in [0.3, 0.4) is 0 Å². The Morgan fingerprint density at radius 3 is 2.50 bits per heavy atom. The summed E-state index contributed by atoms with van der Waals surface area (Å²) < 4.78 is 6.82. The Hall–Kier alpha value is -4.70. The lowest BCUT2D eigenvalue weighted by molar-refractivity contribution is -0.140. The molecular formula is C28H30N6O4. The van der Waals surface area contributed by atoms with Crippen LogP contribution in [0.5, 0.6) is 0 Å². The smallest absolute Gasteiger partial charge is 0.325 e. The molecule has 0 saturated carbocycles. The number of ether oxygens (including phenoxy) is 1. The van der Waals surface area contributed by atoms with Gasteiger partial charge in [0, 0.05) is 43.0 Å². The molecule has 0 bridgehead atoms. The van der Waals surface area contributed by atoms with Crippen LogP contribution in [0.4, 0.5) is 11.5 Å². The van der Waals surface area contributed by atoms with Gasteiger partial charge in [-0.3, -0.25) is 18.8 Å². The summed E-state index contributed by atoms with van der Waals surface area (Å²) in [5, 5.41) is 8.79. The first-order chi connectivity index (χ1) is 18.4. The van der Waals surface area contributed by atoms with Gasteiger partial charge >= 0.3 is 5.97 Å². The zero-order chi connectivity index (χ0) is 27.1. The van der Waals surface area contributed by atoms with E-state index in [0.29, 0.717) is 41.5 Å². The molecule has 196 valence electrons. The van der Waals surface area contributed by atoms with Crippen LogP contribution in [0.25, 0.3) is 16.9 Å². The van der Waals surface area contributed by atoms with Gasteiger partial charge in [0.2, 0.25) is 5.91 Å². The fraction of sp³-hybridized carbons (Fsp3) is 0.214. The molecule has 2 aromatic carbocycles. The van der Waals surface area contributed by atoms with E-state index < -0.39 is 5.97 Å². The maximum atomic E-state index is 12.9. The topological polar surface area (TPSA) is 140 Å². The van der Waals surface area contributed by atoms with Crippen molar-refractivity contribution >= 4 is 34.9 Å². The number of nitrogens with one attached hydrogen (secondary N) is 3. The lowest BCUT2D eigenvalue weighted by atomic mass is 10.1. The first-order valence-corrected chi connectivity index (χ1v) is 12.2. The molecule has 2 heterocycles. The van der Waals surface area contributed by atoms with Crippen molar-refractivity contribution in [3.63, 3.8) is 0 Å². The number of hydrogen-bond donors (Lipinski definition) is 4. The molecule has 4 rings (SSSR count). The number of pyridine rings is 1. The second-order valence-electron chi connectivity index (χ2n) is 8.58. The summed E-state index contributed by atoms with van der Waals surface area (Å²) in [6.07, 6.45) is 1.73. The average Bonchev–Trinajstić information content (AvgIpc) is 3.28. The van der Waals surface area contributed by atoms with Gasteiger partial charge in [0.1, 0.15) is 23.7 Å². The number of esters is 1. The maximum absolute atomic E-state index is 12.9. The van der Waals surface area contributed by atoms with Gasteiger partial charge in [-0.05, 0) is 42.3 Å². The van der Waals surface area contributed by atoms with Crippen molar-refractivity contribution < 1.29 is 19.1 Å². The Morgan fingerprint density at radius 1 is 1.03 bits per heavy atom. The highest BCUT2D eigenvalue weighted by Gasteiger charge is 2.17. The number of rotatable bonds is 10. The lowest BCUT2D eigenvalue weighted by Gasteiger charge is -2.10. The zero-order valence-corrected chi connectivity index (χ0v) is 21.3. The first kappa shape index (κ1) is 26.4. The second-order valence-corrected chi connectivity index (χ2v) is 8.58. The van der Waals surface area contributed by atoms with E-state index in [1.165, 1.54) is 6.92 Å². The number of anilines is 2. The highest BCUT2D eigenvalue weighted by Crippen LogP contribution is 2.30. The van der Waals surface area contributed by atoms with Gasteiger partial charge in [0.05, 0.1) is 6.61 Å². The number of carbonyl (C=O) groups excluding carboxylic acids is 3. The van der Waals surface area contributed by atoms with E-state index in [2.05, 4.69) is 16.0 Å². The number of nitrogens with two attached hydrogens (primary N) is 1. The minimum atomic E-state index is -0.399. The molecule has 0 aliphatic heterocycles. The van der Waals surface area contributed by atoms with Crippen LogP contribution in [-0.4, -0.2) is 40.3 Å². The molecule has 2 amide bonds. The summed E-state index contributed by atoms with van der Waals surface area (Å²) in [4.78, 5) is 41.0. The van der Waals surface area contributed by atoms with Gasteiger partial charge in [-0.1, -0.05) is 36.4 Å². The third-order valence-corrected chi connectivity index (χ3v) is 5.75. The van der Waals surface area contributed by atoms with E-state index in [9.17, 15) is 14.4 Å². The molecule has 0 radical (unpaired) electrons. The van der Waals surface area contributed by atoms with Crippen LogP contribution in [0.1, 0.15) is 35.3 Å². The van der Waals surface area contributed by atoms with Crippen molar-refractivity contribution in [1.82, 2.24) is 14.7 Å². The third kappa shape index (κ3) is 6.34. The summed E-state index contributed by atoms with van der Waals surface area (Å²) in [7, 11) is 0. The van der Waals surface area contributed by atoms with Crippen molar-refractivity contribution in [2.24, 2.45) is 5.73 Å². The molecular weight excluding hydrogens is 484 g/mol. The van der Waals surface area contributed by atoms with Crippen molar-refractivity contribution in [3.8, 4) is 11.3 Å². The minimum absolute atomic E-state index is 0.0529. The molecule has 2 aromatic heterocycles. The molecule has 10 heteroatoms. The van der Waals surface area contributed by atoms with Crippen molar-refractivity contribution in [3.05, 3.63) is 83.6 Å². The van der Waals surface area contributed by atoms with E-state index in [1.807, 2.05) is 36.4 Å². The summed E-state index contributed by atoms with van der Waals surface area (Å²) in [6, 6.07) is 18.3. The SMILES string of the molecule is CCOC(=O)CNc1c(-c2ccc(NC(C)=O)cc2)nc2cc(C(=O)NCc3cccc(CN)c3)ccn12. The standard InChI is InChI=1S/C28H30N6O4/c1-3-38-25(36)17-30-27-26(21-7-9-23(10-8-21)32-18(2)35)33-24-14-22(11-12-34(24)27)28(37)31-16-20-6-4-5-19(13-20)15-29/h4-14,30H,3,15-17,29H2,1-2H3,(H,31,37)(H,32,35). The van der Waals surface area contributed by atoms with Crippen molar-refractivity contribution in [2.45, 2.75) is 26.9 Å². The number of benzene rings is 2. The van der Waals surface area contributed by atoms with E-state index in [-0.39, 0.29) is 25.0 Å². The van der Waals surface area contributed by atoms with Crippen LogP contribution >= 0.6 is 0 Å². The molecule has 0 spiro atoms. The van der Waals surface area contributed by atoms with E-state index in [1.54, 1.807) is 41.8 Å². The summed E-state index contributed by atoms with van der Waals surface area (Å²) in [5.41, 5.74) is 10.6. The van der Waals surface area contributed by atoms with Gasteiger partial charge in [0.15, 0.2) is 0 Å². The molecule has 5 N–H and O–H groups in total. The predicted octanol–water partition coefficient (Wildman–Crippen LogP) is 3.32. The van der Waals surface area contributed by atoms with Gasteiger partial charge in [-0.15, -0.1) is 0 Å². The van der Waals surface area contributed by atoms with Gasteiger partial charge in [0.25, 0.3) is 5.91 Å². The number of amides is 2.